The first kappa shape index (κ1) is 26.6. The molecule has 1 N–H and O–H groups in total. The van der Waals surface area contributed by atoms with E-state index in [4.69, 9.17) is 9.47 Å². The molecule has 8 heteroatoms. The molecule has 2 aromatic carbocycles. The minimum atomic E-state index is -1.18. The second-order valence-electron chi connectivity index (χ2n) is 11.1. The Balaban J connectivity index is 1.58. The van der Waals surface area contributed by atoms with Crippen LogP contribution in [0.5, 0.6) is 11.5 Å². The van der Waals surface area contributed by atoms with E-state index in [0.29, 0.717) is 22.6 Å². The fourth-order valence-electron chi connectivity index (χ4n) is 6.85. The van der Waals surface area contributed by atoms with Crippen LogP contribution in [0.2, 0.25) is 0 Å². The number of aryl methyl sites for hydroxylation is 2. The zero-order chi connectivity index (χ0) is 28.0. The topological polar surface area (TPSA) is 93.1 Å². The fraction of sp³-hybridized carbons (Fsp3) is 0.406. The first-order chi connectivity index (χ1) is 19.4. The molecule has 2 fully saturated rings. The number of carboxylic acid groups (broad SMARTS) is 1. The Labute approximate surface area is 237 Å². The van der Waals surface area contributed by atoms with Crippen LogP contribution in [0.25, 0.3) is 0 Å². The molecule has 208 valence electrons. The first-order valence-electron chi connectivity index (χ1n) is 13.9. The highest BCUT2D eigenvalue weighted by atomic mass is 32.1. The highest BCUT2D eigenvalue weighted by Gasteiger charge is 2.59. The Kier molecular flexibility index (Phi) is 7.13. The molecule has 4 atom stereocenters. The maximum Gasteiger partial charge on any atom is 0.327 e. The lowest BCUT2D eigenvalue weighted by Crippen LogP contribution is -2.46. The van der Waals surface area contributed by atoms with Crippen LogP contribution in [0.4, 0.5) is 0 Å². The van der Waals surface area contributed by atoms with Gasteiger partial charge in [0.05, 0.1) is 12.0 Å². The van der Waals surface area contributed by atoms with E-state index in [-0.39, 0.29) is 24.4 Å². The number of ether oxygens (including phenoxy) is 2. The molecule has 0 spiro atoms. The van der Waals surface area contributed by atoms with Gasteiger partial charge in [-0.2, -0.15) is 0 Å². The number of fused-ring (bicyclic) bond motifs is 1. The normalized spacial score (nSPS) is 24.3. The smallest absolute Gasteiger partial charge is 0.327 e. The Morgan fingerprint density at radius 3 is 2.38 bits per heavy atom. The number of hydrogen-bond acceptors (Lipinski definition) is 6. The summed E-state index contributed by atoms with van der Waals surface area (Å²) in [6, 6.07) is 12.9. The van der Waals surface area contributed by atoms with Crippen molar-refractivity contribution in [3.8, 4) is 11.5 Å². The number of nitrogens with zero attached hydrogens (tertiary/aromatic N) is 1. The number of thiophene rings is 1. The maximum atomic E-state index is 14.6. The molecule has 3 aliphatic rings. The number of aliphatic carboxylic acids is 1. The zero-order valence-corrected chi connectivity index (χ0v) is 23.5. The molecule has 1 saturated heterocycles. The molecule has 7 nitrogen and oxygen atoms in total. The third kappa shape index (κ3) is 4.48. The van der Waals surface area contributed by atoms with Crippen molar-refractivity contribution in [3.05, 3.63) is 81.0 Å². The maximum absolute atomic E-state index is 14.6. The molecule has 1 aliphatic carbocycles. The first-order valence-corrected chi connectivity index (χ1v) is 14.8. The summed E-state index contributed by atoms with van der Waals surface area (Å²) in [6.45, 7) is 3.93. The number of carbonyl (C=O) groups is 3. The number of ketones is 1. The summed E-state index contributed by atoms with van der Waals surface area (Å²) in [5, 5.41) is 12.7. The van der Waals surface area contributed by atoms with Gasteiger partial charge in [0, 0.05) is 22.3 Å². The third-order valence-corrected chi connectivity index (χ3v) is 9.90. The van der Waals surface area contributed by atoms with Crippen LogP contribution >= 0.6 is 11.3 Å². The molecule has 6 rings (SSSR count). The van der Waals surface area contributed by atoms with E-state index >= 15 is 0 Å². The molecule has 4 unspecified atom stereocenters. The van der Waals surface area contributed by atoms with Gasteiger partial charge in [0.1, 0.15) is 6.04 Å². The van der Waals surface area contributed by atoms with Gasteiger partial charge < -0.3 is 19.5 Å². The summed E-state index contributed by atoms with van der Waals surface area (Å²) in [4.78, 5) is 44.6. The number of carboxylic acids is 1. The second kappa shape index (κ2) is 10.7. The quantitative estimate of drug-likeness (QED) is 0.357. The second-order valence-corrected chi connectivity index (χ2v) is 12.1. The van der Waals surface area contributed by atoms with Crippen molar-refractivity contribution in [3.63, 3.8) is 0 Å². The van der Waals surface area contributed by atoms with Crippen molar-refractivity contribution >= 4 is 29.0 Å². The molecule has 40 heavy (non-hydrogen) atoms. The number of amides is 1. The summed E-state index contributed by atoms with van der Waals surface area (Å²) >= 11 is 1.46. The number of benzene rings is 2. The van der Waals surface area contributed by atoms with E-state index in [1.54, 1.807) is 17.0 Å². The molecular weight excluding hydrogens is 526 g/mol. The summed E-state index contributed by atoms with van der Waals surface area (Å²) in [5.74, 6) is -2.04. The monoisotopic (exact) mass is 559 g/mol. The predicted octanol–water partition coefficient (Wildman–Crippen LogP) is 6.29. The lowest BCUT2D eigenvalue weighted by Gasteiger charge is -2.34. The van der Waals surface area contributed by atoms with Crippen molar-refractivity contribution in [1.82, 2.24) is 4.90 Å². The van der Waals surface area contributed by atoms with Crippen LogP contribution in [0.3, 0.4) is 0 Å². The fourth-order valence-corrected chi connectivity index (χ4v) is 7.96. The number of likely N-dealkylation sites (tertiary alicyclic amines) is 1. The molecule has 2 aliphatic heterocycles. The van der Waals surface area contributed by atoms with Crippen molar-refractivity contribution < 1.29 is 29.0 Å². The summed E-state index contributed by atoms with van der Waals surface area (Å²) in [7, 11) is 0. The Bertz CT molecular complexity index is 1460. The Morgan fingerprint density at radius 2 is 1.68 bits per heavy atom. The Morgan fingerprint density at radius 1 is 0.925 bits per heavy atom. The van der Waals surface area contributed by atoms with Crippen molar-refractivity contribution in [2.24, 2.45) is 11.8 Å². The van der Waals surface area contributed by atoms with Gasteiger partial charge in [-0.15, -0.1) is 11.3 Å². The third-order valence-electron chi connectivity index (χ3n) is 8.78. The molecule has 1 aromatic heterocycles. The number of carbonyl (C=O) groups excluding carboxylic acids is 2. The SMILES string of the molecule is Cc1ccccc1C(=O)C1C(c2sccc2C)C(C(=O)O)N(C(=O)C2CCCCC2)C1c1ccc2c(c1)OCO2. The molecule has 0 radical (unpaired) electrons. The van der Waals surface area contributed by atoms with E-state index in [2.05, 4.69) is 0 Å². The molecule has 0 bridgehead atoms. The van der Waals surface area contributed by atoms with Crippen LogP contribution in [-0.4, -0.2) is 40.5 Å². The van der Waals surface area contributed by atoms with Crippen molar-refractivity contribution in [2.45, 2.75) is 64.0 Å². The van der Waals surface area contributed by atoms with E-state index in [0.717, 1.165) is 48.1 Å². The van der Waals surface area contributed by atoms with Gasteiger partial charge in [-0.1, -0.05) is 49.6 Å². The number of hydrogen-bond donors (Lipinski definition) is 1. The van der Waals surface area contributed by atoms with Crippen molar-refractivity contribution in [1.29, 1.82) is 0 Å². The zero-order valence-electron chi connectivity index (χ0n) is 22.7. The van der Waals surface area contributed by atoms with Crippen LogP contribution in [0, 0.1) is 25.7 Å². The lowest BCUT2D eigenvalue weighted by atomic mass is 9.77. The standard InChI is InChI=1S/C32H33NO6S/c1-18-8-6-7-11-22(18)29(34)25-26(30-19(2)14-15-40-30)28(32(36)37)33(31(35)20-9-4-3-5-10-20)27(25)21-12-13-23-24(16-21)39-17-38-23/h6-8,11-16,20,25-28H,3-5,9-10,17H2,1-2H3,(H,36,37). The molecule has 3 aromatic rings. The van der Waals surface area contributed by atoms with E-state index in [1.165, 1.54) is 11.3 Å². The highest BCUT2D eigenvalue weighted by molar-refractivity contribution is 7.10. The highest BCUT2D eigenvalue weighted by Crippen LogP contribution is 2.54. The molecule has 3 heterocycles. The minimum Gasteiger partial charge on any atom is -0.480 e. The van der Waals surface area contributed by atoms with Gasteiger partial charge in [-0.3, -0.25) is 9.59 Å². The van der Waals surface area contributed by atoms with Gasteiger partial charge in [-0.05, 0) is 67.0 Å². The average molecular weight is 560 g/mol. The summed E-state index contributed by atoms with van der Waals surface area (Å²) in [5.41, 5.74) is 2.99. The van der Waals surface area contributed by atoms with Crippen LogP contribution in [-0.2, 0) is 9.59 Å². The molecule has 1 amide bonds. The Hall–Kier alpha value is -3.65. The van der Waals surface area contributed by atoms with Gasteiger partial charge in [0.2, 0.25) is 12.7 Å². The van der Waals surface area contributed by atoms with E-state index < -0.39 is 29.9 Å². The van der Waals surface area contributed by atoms with E-state index in [9.17, 15) is 19.5 Å². The van der Waals surface area contributed by atoms with Crippen molar-refractivity contribution in [2.75, 3.05) is 6.79 Å². The summed E-state index contributed by atoms with van der Waals surface area (Å²) in [6.07, 6.45) is 4.41. The number of Topliss-reactive ketones (excluding diaryl/α,β-unsaturated/α-hetero) is 1. The van der Waals surface area contributed by atoms with Crippen LogP contribution in [0.1, 0.15) is 76.0 Å². The summed E-state index contributed by atoms with van der Waals surface area (Å²) < 4.78 is 11.2. The minimum absolute atomic E-state index is 0.0918. The lowest BCUT2D eigenvalue weighted by molar-refractivity contribution is -0.152. The number of rotatable bonds is 6. The van der Waals surface area contributed by atoms with Gasteiger partial charge in [0.25, 0.3) is 0 Å². The predicted molar refractivity (Wildman–Crippen MR) is 151 cm³/mol. The van der Waals surface area contributed by atoms with Gasteiger partial charge in [-0.25, -0.2) is 4.79 Å². The van der Waals surface area contributed by atoms with Gasteiger partial charge >= 0.3 is 5.97 Å². The van der Waals surface area contributed by atoms with Crippen LogP contribution in [0.15, 0.2) is 53.9 Å². The molecule has 1 saturated carbocycles. The van der Waals surface area contributed by atoms with Gasteiger partial charge in [0.15, 0.2) is 17.3 Å². The molecular formula is C32H33NO6S. The average Bonchev–Trinajstić information content (AvgIpc) is 3.69. The van der Waals surface area contributed by atoms with Crippen LogP contribution < -0.4 is 9.47 Å². The van der Waals surface area contributed by atoms with E-state index in [1.807, 2.05) is 55.6 Å². The largest absolute Gasteiger partial charge is 0.480 e.